The monoisotopic (exact) mass is 653 g/mol. The summed E-state index contributed by atoms with van der Waals surface area (Å²) >= 11 is 19.1. The third-order valence-corrected chi connectivity index (χ3v) is 9.57. The Labute approximate surface area is 262 Å². The van der Waals surface area contributed by atoms with Crippen molar-refractivity contribution in [2.45, 2.75) is 57.6 Å². The lowest BCUT2D eigenvalue weighted by Gasteiger charge is -2.33. The summed E-state index contributed by atoms with van der Waals surface area (Å²) < 4.78 is 34.5. The van der Waals surface area contributed by atoms with E-state index in [0.29, 0.717) is 22.0 Å². The highest BCUT2D eigenvalue weighted by atomic mass is 35.5. The molecule has 1 N–H and O–H groups in total. The number of carbonyl (C=O) groups is 2. The summed E-state index contributed by atoms with van der Waals surface area (Å²) in [6, 6.07) is 14.5. The van der Waals surface area contributed by atoms with Gasteiger partial charge >= 0.3 is 0 Å². The number of amides is 2. The fourth-order valence-corrected chi connectivity index (χ4v) is 6.21. The van der Waals surface area contributed by atoms with Gasteiger partial charge in [0, 0.05) is 33.2 Å². The highest BCUT2D eigenvalue weighted by Crippen LogP contribution is 2.35. The molecule has 0 radical (unpaired) electrons. The van der Waals surface area contributed by atoms with Gasteiger partial charge in [-0.1, -0.05) is 65.5 Å². The van der Waals surface area contributed by atoms with Gasteiger partial charge in [-0.2, -0.15) is 0 Å². The number of carbonyl (C=O) groups excluding carboxylic acids is 2. The Hall–Kier alpha value is -2.98. The molecule has 2 atom stereocenters. The van der Waals surface area contributed by atoms with Crippen LogP contribution in [0, 0.1) is 6.92 Å². The topological polar surface area (TPSA) is 96.0 Å². The molecule has 226 valence electrons. The van der Waals surface area contributed by atoms with Gasteiger partial charge < -0.3 is 15.0 Å². The zero-order valence-corrected chi connectivity index (χ0v) is 27.1. The fourth-order valence-electron chi connectivity index (χ4n) is 4.11. The van der Waals surface area contributed by atoms with E-state index >= 15 is 0 Å². The van der Waals surface area contributed by atoms with E-state index in [1.54, 1.807) is 43.3 Å². The van der Waals surface area contributed by atoms with Crippen LogP contribution in [-0.4, -0.2) is 50.9 Å². The minimum atomic E-state index is -4.31. The summed E-state index contributed by atoms with van der Waals surface area (Å²) in [6.45, 7) is 6.37. The van der Waals surface area contributed by atoms with Crippen molar-refractivity contribution >= 4 is 62.3 Å². The molecule has 0 aliphatic carbocycles. The normalized spacial score (nSPS) is 12.8. The fraction of sp³-hybridized carbons (Fsp3) is 0.333. The van der Waals surface area contributed by atoms with Gasteiger partial charge in [0.05, 0.1) is 17.7 Å². The van der Waals surface area contributed by atoms with Crippen LogP contribution in [0.15, 0.2) is 65.6 Å². The molecule has 0 saturated carbocycles. The highest BCUT2D eigenvalue weighted by molar-refractivity contribution is 7.92. The van der Waals surface area contributed by atoms with Gasteiger partial charge in [0.25, 0.3) is 10.0 Å². The summed E-state index contributed by atoms with van der Waals surface area (Å²) in [4.78, 5) is 28.6. The zero-order valence-electron chi connectivity index (χ0n) is 24.0. The smallest absolute Gasteiger partial charge is 0.264 e. The van der Waals surface area contributed by atoms with Crippen LogP contribution in [0.1, 0.15) is 38.3 Å². The standard InChI is InChI=1S/C30H34Cl3N3O5S/c1-6-20(3)34-30(38)21(4)35(17-24-25(32)8-7-9-26(24)33)29(37)18-36(27-16-22(31)12-15-28(27)41-5)42(39,40)23-13-10-19(2)11-14-23/h7-16,20-21H,6,17-18H2,1-5H3,(H,34,38)/t20-,21+/m1/s1. The van der Waals surface area contributed by atoms with Gasteiger partial charge in [0.1, 0.15) is 18.3 Å². The Morgan fingerprint density at radius 3 is 2.17 bits per heavy atom. The van der Waals surface area contributed by atoms with E-state index in [1.165, 1.54) is 36.3 Å². The molecule has 0 unspecified atom stereocenters. The SMILES string of the molecule is CC[C@@H](C)NC(=O)[C@H](C)N(Cc1c(Cl)cccc1Cl)C(=O)CN(c1cc(Cl)ccc1OC)S(=O)(=O)c1ccc(C)cc1. The first-order valence-electron chi connectivity index (χ1n) is 13.3. The quantitative estimate of drug-likeness (QED) is 0.241. The van der Waals surface area contributed by atoms with Crippen LogP contribution in [0.4, 0.5) is 5.69 Å². The van der Waals surface area contributed by atoms with Gasteiger partial charge in [-0.25, -0.2) is 8.42 Å². The number of halogens is 3. The molecule has 0 heterocycles. The van der Waals surface area contributed by atoms with Crippen molar-refractivity contribution in [1.29, 1.82) is 0 Å². The molecular weight excluding hydrogens is 621 g/mol. The Kier molecular flexibility index (Phi) is 11.5. The maximum atomic E-state index is 14.2. The number of aryl methyl sites for hydroxylation is 1. The van der Waals surface area contributed by atoms with Crippen molar-refractivity contribution in [1.82, 2.24) is 10.2 Å². The number of hydrogen-bond donors (Lipinski definition) is 1. The van der Waals surface area contributed by atoms with E-state index in [-0.39, 0.29) is 33.9 Å². The second kappa shape index (κ2) is 14.5. The van der Waals surface area contributed by atoms with Crippen LogP contribution in [0.5, 0.6) is 5.75 Å². The lowest BCUT2D eigenvalue weighted by molar-refractivity contribution is -0.139. The first-order valence-corrected chi connectivity index (χ1v) is 15.8. The molecule has 42 heavy (non-hydrogen) atoms. The molecule has 0 spiro atoms. The molecule has 0 aromatic heterocycles. The number of rotatable bonds is 12. The van der Waals surface area contributed by atoms with Crippen molar-refractivity contribution < 1.29 is 22.7 Å². The molecule has 0 aliphatic rings. The Bertz CT molecular complexity index is 1510. The maximum absolute atomic E-state index is 14.2. The third-order valence-electron chi connectivity index (χ3n) is 6.86. The van der Waals surface area contributed by atoms with Crippen molar-refractivity contribution in [3.63, 3.8) is 0 Å². The number of ether oxygens (including phenoxy) is 1. The minimum absolute atomic E-state index is 0.0359. The minimum Gasteiger partial charge on any atom is -0.495 e. The summed E-state index contributed by atoms with van der Waals surface area (Å²) in [7, 11) is -2.93. The predicted molar refractivity (Wildman–Crippen MR) is 168 cm³/mol. The number of sulfonamides is 1. The number of benzene rings is 3. The van der Waals surface area contributed by atoms with Crippen molar-refractivity contribution in [2.75, 3.05) is 18.0 Å². The van der Waals surface area contributed by atoms with Gasteiger partial charge in [0.15, 0.2) is 0 Å². The molecule has 0 bridgehead atoms. The van der Waals surface area contributed by atoms with Crippen molar-refractivity contribution in [2.24, 2.45) is 0 Å². The molecule has 0 aliphatic heterocycles. The second-order valence-electron chi connectivity index (χ2n) is 9.86. The van der Waals surface area contributed by atoms with Gasteiger partial charge in [0.2, 0.25) is 11.8 Å². The van der Waals surface area contributed by atoms with Crippen molar-refractivity contribution in [3.05, 3.63) is 86.9 Å². The Morgan fingerprint density at radius 1 is 0.976 bits per heavy atom. The summed E-state index contributed by atoms with van der Waals surface area (Å²) in [5.41, 5.74) is 1.35. The van der Waals surface area contributed by atoms with Crippen LogP contribution >= 0.6 is 34.8 Å². The Morgan fingerprint density at radius 2 is 1.60 bits per heavy atom. The predicted octanol–water partition coefficient (Wildman–Crippen LogP) is 6.49. The molecule has 8 nitrogen and oxygen atoms in total. The van der Waals surface area contributed by atoms with Crippen LogP contribution in [0.25, 0.3) is 0 Å². The van der Waals surface area contributed by atoms with E-state index in [2.05, 4.69) is 5.32 Å². The molecular formula is C30H34Cl3N3O5S. The molecule has 3 aromatic rings. The lowest BCUT2D eigenvalue weighted by atomic mass is 10.1. The number of methoxy groups -OCH3 is 1. The van der Waals surface area contributed by atoms with E-state index in [1.807, 2.05) is 20.8 Å². The average Bonchev–Trinajstić information content (AvgIpc) is 2.95. The van der Waals surface area contributed by atoms with E-state index in [9.17, 15) is 18.0 Å². The molecule has 12 heteroatoms. The first-order chi connectivity index (χ1) is 19.8. The second-order valence-corrected chi connectivity index (χ2v) is 13.0. The van der Waals surface area contributed by atoms with Crippen LogP contribution in [0.2, 0.25) is 15.1 Å². The summed E-state index contributed by atoms with van der Waals surface area (Å²) in [5.74, 6) is -0.893. The van der Waals surface area contributed by atoms with Gasteiger partial charge in [-0.15, -0.1) is 0 Å². The molecule has 2 amide bonds. The average molecular weight is 655 g/mol. The zero-order chi connectivity index (χ0) is 31.2. The van der Waals surface area contributed by atoms with E-state index in [0.717, 1.165) is 9.87 Å². The third kappa shape index (κ3) is 7.89. The largest absolute Gasteiger partial charge is 0.495 e. The highest BCUT2D eigenvalue weighted by Gasteiger charge is 2.34. The van der Waals surface area contributed by atoms with E-state index < -0.39 is 34.4 Å². The number of nitrogens with one attached hydrogen (secondary N) is 1. The lowest BCUT2D eigenvalue weighted by Crippen LogP contribution is -2.52. The van der Waals surface area contributed by atoms with Crippen LogP contribution in [-0.2, 0) is 26.2 Å². The van der Waals surface area contributed by atoms with Gasteiger partial charge in [-0.3, -0.25) is 13.9 Å². The number of anilines is 1. The number of nitrogens with zero attached hydrogens (tertiary/aromatic N) is 2. The van der Waals surface area contributed by atoms with Crippen LogP contribution in [0.3, 0.4) is 0 Å². The van der Waals surface area contributed by atoms with Crippen LogP contribution < -0.4 is 14.4 Å². The van der Waals surface area contributed by atoms with E-state index in [4.69, 9.17) is 39.5 Å². The first kappa shape index (κ1) is 33.5. The summed E-state index contributed by atoms with van der Waals surface area (Å²) in [6.07, 6.45) is 0.680. The molecule has 0 fully saturated rings. The van der Waals surface area contributed by atoms with Crippen molar-refractivity contribution in [3.8, 4) is 5.75 Å². The van der Waals surface area contributed by atoms with Gasteiger partial charge in [-0.05, 0) is 69.7 Å². The summed E-state index contributed by atoms with van der Waals surface area (Å²) in [5, 5.41) is 3.73. The maximum Gasteiger partial charge on any atom is 0.264 e. The molecule has 0 saturated heterocycles. The molecule has 3 rings (SSSR count). The molecule has 3 aromatic carbocycles. The Balaban J connectivity index is 2.13. The number of hydrogen-bond acceptors (Lipinski definition) is 5.